The lowest BCUT2D eigenvalue weighted by Crippen LogP contribution is -2.06. The summed E-state index contributed by atoms with van der Waals surface area (Å²) >= 11 is 0. The fourth-order valence-corrected chi connectivity index (χ4v) is 1.90. The summed E-state index contributed by atoms with van der Waals surface area (Å²) in [5, 5.41) is 9.73. The van der Waals surface area contributed by atoms with E-state index in [9.17, 15) is 14.7 Å². The number of carbonyl (C=O) groups excluding carboxylic acids is 2. The Morgan fingerprint density at radius 1 is 1.05 bits per heavy atom. The Bertz CT molecular complexity index is 689. The molecule has 5 heteroatoms. The lowest BCUT2D eigenvalue weighted by Gasteiger charge is -2.07. The van der Waals surface area contributed by atoms with Crippen LogP contribution in [0.1, 0.15) is 31.8 Å². The molecule has 114 valence electrons. The van der Waals surface area contributed by atoms with Crippen molar-refractivity contribution in [3.8, 4) is 5.75 Å². The van der Waals surface area contributed by atoms with Crippen LogP contribution in [-0.2, 0) is 16.1 Å². The maximum absolute atomic E-state index is 11.9. The zero-order valence-electron chi connectivity index (χ0n) is 12.3. The van der Waals surface area contributed by atoms with Crippen molar-refractivity contribution in [2.24, 2.45) is 0 Å². The molecule has 0 unspecified atom stereocenters. The monoisotopic (exact) mass is 300 g/mol. The van der Waals surface area contributed by atoms with Crippen LogP contribution in [0, 0.1) is 6.92 Å². The summed E-state index contributed by atoms with van der Waals surface area (Å²) in [7, 11) is 1.31. The zero-order chi connectivity index (χ0) is 16.1. The molecular weight excluding hydrogens is 284 g/mol. The minimum atomic E-state index is -0.602. The molecule has 2 aromatic carbocycles. The highest BCUT2D eigenvalue weighted by molar-refractivity contribution is 5.92. The van der Waals surface area contributed by atoms with Crippen LogP contribution in [0.25, 0.3) is 0 Å². The van der Waals surface area contributed by atoms with Gasteiger partial charge in [0.05, 0.1) is 12.7 Å². The summed E-state index contributed by atoms with van der Waals surface area (Å²) in [6, 6.07) is 11.3. The van der Waals surface area contributed by atoms with Crippen LogP contribution in [0.3, 0.4) is 0 Å². The third-order valence-corrected chi connectivity index (χ3v) is 3.12. The van der Waals surface area contributed by atoms with Crippen LogP contribution in [0.4, 0.5) is 0 Å². The fraction of sp³-hybridized carbons (Fsp3) is 0.176. The molecular formula is C17H16O5. The number of aromatic hydroxyl groups is 1. The third kappa shape index (κ3) is 3.63. The Hall–Kier alpha value is -2.82. The molecule has 0 aromatic heterocycles. The first-order valence-corrected chi connectivity index (χ1v) is 6.65. The maximum Gasteiger partial charge on any atom is 0.342 e. The number of aryl methyl sites for hydroxylation is 1. The molecule has 5 nitrogen and oxygen atoms in total. The Kier molecular flexibility index (Phi) is 4.78. The van der Waals surface area contributed by atoms with Crippen molar-refractivity contribution in [2.75, 3.05) is 7.11 Å². The molecule has 0 radical (unpaired) electrons. The smallest absolute Gasteiger partial charge is 0.342 e. The van der Waals surface area contributed by atoms with Gasteiger partial charge in [-0.15, -0.1) is 0 Å². The highest BCUT2D eigenvalue weighted by Crippen LogP contribution is 2.20. The second-order valence-corrected chi connectivity index (χ2v) is 4.79. The van der Waals surface area contributed by atoms with E-state index in [1.807, 2.05) is 6.92 Å². The average Bonchev–Trinajstić information content (AvgIpc) is 2.52. The van der Waals surface area contributed by atoms with Crippen LogP contribution in [-0.4, -0.2) is 24.2 Å². The number of esters is 2. The van der Waals surface area contributed by atoms with Gasteiger partial charge in [0.15, 0.2) is 0 Å². The maximum atomic E-state index is 11.9. The van der Waals surface area contributed by atoms with E-state index in [0.717, 1.165) is 11.1 Å². The van der Waals surface area contributed by atoms with E-state index in [-0.39, 0.29) is 17.9 Å². The molecule has 0 aliphatic carbocycles. The number of rotatable bonds is 4. The molecule has 0 heterocycles. The van der Waals surface area contributed by atoms with Gasteiger partial charge < -0.3 is 14.6 Å². The molecule has 0 atom stereocenters. The van der Waals surface area contributed by atoms with Gasteiger partial charge in [0.25, 0.3) is 0 Å². The topological polar surface area (TPSA) is 72.8 Å². The first kappa shape index (κ1) is 15.6. The second-order valence-electron chi connectivity index (χ2n) is 4.79. The minimum absolute atomic E-state index is 0.0492. The van der Waals surface area contributed by atoms with Crippen LogP contribution in [0.15, 0.2) is 42.5 Å². The van der Waals surface area contributed by atoms with Crippen molar-refractivity contribution in [3.05, 3.63) is 64.7 Å². The van der Waals surface area contributed by atoms with Gasteiger partial charge in [-0.1, -0.05) is 18.2 Å². The molecule has 2 rings (SSSR count). The molecule has 0 aliphatic rings. The van der Waals surface area contributed by atoms with E-state index in [2.05, 4.69) is 4.74 Å². The Labute approximate surface area is 128 Å². The van der Waals surface area contributed by atoms with Crippen molar-refractivity contribution in [2.45, 2.75) is 13.5 Å². The first-order chi connectivity index (χ1) is 10.5. The molecule has 0 saturated carbocycles. The minimum Gasteiger partial charge on any atom is -0.507 e. The van der Waals surface area contributed by atoms with Crippen molar-refractivity contribution in [3.63, 3.8) is 0 Å². The van der Waals surface area contributed by atoms with Gasteiger partial charge in [0, 0.05) is 0 Å². The van der Waals surface area contributed by atoms with Crippen LogP contribution < -0.4 is 0 Å². The molecule has 0 bridgehead atoms. The van der Waals surface area contributed by atoms with Gasteiger partial charge in [-0.3, -0.25) is 0 Å². The van der Waals surface area contributed by atoms with E-state index < -0.39 is 11.9 Å². The molecule has 1 N–H and O–H groups in total. The van der Waals surface area contributed by atoms with Crippen molar-refractivity contribution < 1.29 is 24.2 Å². The lowest BCUT2D eigenvalue weighted by atomic mass is 10.1. The molecule has 0 fully saturated rings. The molecule has 0 amide bonds. The predicted molar refractivity (Wildman–Crippen MR) is 79.7 cm³/mol. The Morgan fingerprint density at radius 3 is 2.32 bits per heavy atom. The summed E-state index contributed by atoms with van der Waals surface area (Å²) in [6.07, 6.45) is 0. The summed E-state index contributed by atoms with van der Waals surface area (Å²) in [5.41, 5.74) is 2.13. The number of carbonyl (C=O) groups is 2. The fourth-order valence-electron chi connectivity index (χ4n) is 1.90. The van der Waals surface area contributed by atoms with Gasteiger partial charge in [-0.05, 0) is 42.3 Å². The highest BCUT2D eigenvalue weighted by atomic mass is 16.5. The van der Waals surface area contributed by atoms with Crippen LogP contribution in [0.5, 0.6) is 5.75 Å². The van der Waals surface area contributed by atoms with Crippen molar-refractivity contribution >= 4 is 11.9 Å². The SMILES string of the molecule is COC(=O)c1ccc(COC(=O)c2ccc(C)cc2O)cc1. The number of phenolic OH excluding ortho intramolecular Hbond substituents is 1. The third-order valence-electron chi connectivity index (χ3n) is 3.12. The van der Waals surface area contributed by atoms with E-state index in [1.165, 1.54) is 19.2 Å². The molecule has 0 spiro atoms. The van der Waals surface area contributed by atoms with Gasteiger partial charge in [-0.25, -0.2) is 9.59 Å². The summed E-state index contributed by atoms with van der Waals surface area (Å²) in [4.78, 5) is 23.2. The quantitative estimate of drug-likeness (QED) is 0.879. The first-order valence-electron chi connectivity index (χ1n) is 6.65. The standard InChI is InChI=1S/C17H16O5/c1-11-3-8-14(15(18)9-11)17(20)22-10-12-4-6-13(7-5-12)16(19)21-2/h3-9,18H,10H2,1-2H3. The molecule has 0 aliphatic heterocycles. The Morgan fingerprint density at radius 2 is 1.73 bits per heavy atom. The normalized spacial score (nSPS) is 10.1. The number of hydrogen-bond acceptors (Lipinski definition) is 5. The zero-order valence-corrected chi connectivity index (χ0v) is 12.3. The summed E-state index contributed by atoms with van der Waals surface area (Å²) in [5.74, 6) is -1.13. The van der Waals surface area contributed by atoms with Gasteiger partial charge >= 0.3 is 11.9 Å². The van der Waals surface area contributed by atoms with Gasteiger partial charge in [0.2, 0.25) is 0 Å². The van der Waals surface area contributed by atoms with Crippen LogP contribution in [0.2, 0.25) is 0 Å². The van der Waals surface area contributed by atoms with Crippen molar-refractivity contribution in [1.82, 2.24) is 0 Å². The number of methoxy groups -OCH3 is 1. The molecule has 0 saturated heterocycles. The van der Waals surface area contributed by atoms with Gasteiger partial charge in [-0.2, -0.15) is 0 Å². The van der Waals surface area contributed by atoms with Crippen molar-refractivity contribution in [1.29, 1.82) is 0 Å². The predicted octanol–water partition coefficient (Wildman–Crippen LogP) is 2.84. The van der Waals surface area contributed by atoms with Crippen LogP contribution >= 0.6 is 0 Å². The largest absolute Gasteiger partial charge is 0.507 e. The number of hydrogen-bond donors (Lipinski definition) is 1. The van der Waals surface area contributed by atoms with E-state index in [4.69, 9.17) is 4.74 Å². The van der Waals surface area contributed by atoms with E-state index >= 15 is 0 Å². The van der Waals surface area contributed by atoms with E-state index in [0.29, 0.717) is 5.56 Å². The summed E-state index contributed by atoms with van der Waals surface area (Å²) < 4.78 is 9.75. The molecule has 22 heavy (non-hydrogen) atoms. The van der Waals surface area contributed by atoms with E-state index in [1.54, 1.807) is 30.3 Å². The lowest BCUT2D eigenvalue weighted by molar-refractivity contribution is 0.0468. The Balaban J connectivity index is 2.00. The number of phenols is 1. The second kappa shape index (κ2) is 6.76. The molecule has 2 aromatic rings. The summed E-state index contributed by atoms with van der Waals surface area (Å²) in [6.45, 7) is 1.87. The number of ether oxygens (including phenoxy) is 2. The van der Waals surface area contributed by atoms with Gasteiger partial charge in [0.1, 0.15) is 17.9 Å². The highest BCUT2D eigenvalue weighted by Gasteiger charge is 2.13. The number of benzene rings is 2. The average molecular weight is 300 g/mol.